The molecule has 1 fully saturated rings. The highest BCUT2D eigenvalue weighted by atomic mass is 16.6. The van der Waals surface area contributed by atoms with Crippen LogP contribution in [0.1, 0.15) is 42.9 Å². The molecule has 30 heavy (non-hydrogen) atoms. The number of aliphatic hydroxyl groups is 1. The SMILES string of the molecule is C=CC(=O)OCCOc1cc(-c2ccc(C3CCCCO3)cc2)ccc1CCCO. The predicted octanol–water partition coefficient (Wildman–Crippen LogP) is 4.63. The van der Waals surface area contributed by atoms with Gasteiger partial charge in [-0.1, -0.05) is 43.0 Å². The molecule has 160 valence electrons. The molecule has 1 unspecified atom stereocenters. The minimum Gasteiger partial charge on any atom is -0.490 e. The smallest absolute Gasteiger partial charge is 0.330 e. The van der Waals surface area contributed by atoms with E-state index in [9.17, 15) is 4.79 Å². The van der Waals surface area contributed by atoms with Crippen LogP contribution in [0.15, 0.2) is 55.1 Å². The summed E-state index contributed by atoms with van der Waals surface area (Å²) in [6.45, 7) is 4.76. The Balaban J connectivity index is 1.72. The number of hydrogen-bond acceptors (Lipinski definition) is 5. The van der Waals surface area contributed by atoms with Gasteiger partial charge >= 0.3 is 5.97 Å². The zero-order valence-corrected chi connectivity index (χ0v) is 17.3. The summed E-state index contributed by atoms with van der Waals surface area (Å²) in [6, 6.07) is 14.6. The highest BCUT2D eigenvalue weighted by Crippen LogP contribution is 2.32. The van der Waals surface area contributed by atoms with Crippen molar-refractivity contribution in [3.63, 3.8) is 0 Å². The minimum absolute atomic E-state index is 0.128. The van der Waals surface area contributed by atoms with Gasteiger partial charge in [0.2, 0.25) is 0 Å². The molecule has 1 saturated heterocycles. The number of aliphatic hydroxyl groups excluding tert-OH is 1. The third-order valence-corrected chi connectivity index (χ3v) is 5.22. The molecule has 0 aromatic heterocycles. The van der Waals surface area contributed by atoms with Crippen LogP contribution in [0.5, 0.6) is 5.75 Å². The highest BCUT2D eigenvalue weighted by molar-refractivity contribution is 5.81. The Morgan fingerprint density at radius 3 is 2.63 bits per heavy atom. The molecule has 0 aliphatic carbocycles. The van der Waals surface area contributed by atoms with Crippen LogP contribution < -0.4 is 4.74 Å². The van der Waals surface area contributed by atoms with E-state index in [1.54, 1.807) is 0 Å². The van der Waals surface area contributed by atoms with Gasteiger partial charge in [0.05, 0.1) is 6.10 Å². The van der Waals surface area contributed by atoms with E-state index in [0.717, 1.165) is 54.4 Å². The fraction of sp³-hybridized carbons (Fsp3) is 0.400. The van der Waals surface area contributed by atoms with Crippen LogP contribution in [-0.4, -0.2) is 37.5 Å². The van der Waals surface area contributed by atoms with Gasteiger partial charge in [-0.05, 0) is 60.4 Å². The lowest BCUT2D eigenvalue weighted by atomic mass is 9.97. The van der Waals surface area contributed by atoms with Crippen LogP contribution >= 0.6 is 0 Å². The van der Waals surface area contributed by atoms with Crippen LogP contribution in [0.2, 0.25) is 0 Å². The maximum Gasteiger partial charge on any atom is 0.330 e. The third-order valence-electron chi connectivity index (χ3n) is 5.22. The van der Waals surface area contributed by atoms with Crippen molar-refractivity contribution < 1.29 is 24.1 Å². The average Bonchev–Trinajstić information content (AvgIpc) is 2.81. The number of carbonyl (C=O) groups is 1. The number of esters is 1. The molecule has 0 bridgehead atoms. The zero-order chi connectivity index (χ0) is 21.2. The van der Waals surface area contributed by atoms with Gasteiger partial charge in [0, 0.05) is 19.3 Å². The molecule has 1 aliphatic rings. The van der Waals surface area contributed by atoms with Gasteiger partial charge in [-0.2, -0.15) is 0 Å². The Morgan fingerprint density at radius 1 is 1.13 bits per heavy atom. The van der Waals surface area contributed by atoms with Crippen molar-refractivity contribution in [2.24, 2.45) is 0 Å². The second kappa shape index (κ2) is 11.5. The van der Waals surface area contributed by atoms with E-state index in [4.69, 9.17) is 19.3 Å². The molecule has 1 N–H and O–H groups in total. The number of rotatable bonds is 10. The first-order valence-electron chi connectivity index (χ1n) is 10.6. The molecular weight excluding hydrogens is 380 g/mol. The summed E-state index contributed by atoms with van der Waals surface area (Å²) in [7, 11) is 0. The van der Waals surface area contributed by atoms with Crippen molar-refractivity contribution >= 4 is 5.97 Å². The summed E-state index contributed by atoms with van der Waals surface area (Å²) in [5, 5.41) is 9.17. The minimum atomic E-state index is -0.463. The molecule has 3 rings (SSSR count). The molecule has 0 amide bonds. The first kappa shape index (κ1) is 22.1. The fourth-order valence-corrected chi connectivity index (χ4v) is 3.59. The van der Waals surface area contributed by atoms with Gasteiger partial charge in [-0.15, -0.1) is 0 Å². The van der Waals surface area contributed by atoms with E-state index in [2.05, 4.69) is 36.9 Å². The van der Waals surface area contributed by atoms with Crippen LogP contribution in [0.4, 0.5) is 0 Å². The third kappa shape index (κ3) is 6.18. The van der Waals surface area contributed by atoms with Gasteiger partial charge in [-0.25, -0.2) is 4.79 Å². The van der Waals surface area contributed by atoms with Gasteiger partial charge < -0.3 is 19.3 Å². The molecule has 0 saturated carbocycles. The Labute approximate surface area is 178 Å². The summed E-state index contributed by atoms with van der Waals surface area (Å²) < 4.78 is 16.8. The van der Waals surface area contributed by atoms with E-state index in [0.29, 0.717) is 6.42 Å². The number of hydrogen-bond donors (Lipinski definition) is 1. The van der Waals surface area contributed by atoms with Crippen molar-refractivity contribution in [1.29, 1.82) is 0 Å². The molecule has 0 spiro atoms. The van der Waals surface area contributed by atoms with Gasteiger partial charge in [0.25, 0.3) is 0 Å². The van der Waals surface area contributed by atoms with Crippen molar-refractivity contribution in [3.8, 4) is 16.9 Å². The van der Waals surface area contributed by atoms with E-state index >= 15 is 0 Å². The largest absolute Gasteiger partial charge is 0.490 e. The summed E-state index contributed by atoms with van der Waals surface area (Å²) in [5.41, 5.74) is 4.40. The van der Waals surface area contributed by atoms with Crippen LogP contribution in [0, 0.1) is 0 Å². The van der Waals surface area contributed by atoms with Crippen molar-refractivity contribution in [2.45, 2.75) is 38.2 Å². The fourth-order valence-electron chi connectivity index (χ4n) is 3.59. The lowest BCUT2D eigenvalue weighted by Gasteiger charge is -2.23. The monoisotopic (exact) mass is 410 g/mol. The second-order valence-corrected chi connectivity index (χ2v) is 7.35. The molecule has 5 heteroatoms. The summed E-state index contributed by atoms with van der Waals surface area (Å²) >= 11 is 0. The lowest BCUT2D eigenvalue weighted by molar-refractivity contribution is -0.138. The molecular formula is C25H30O5. The number of ether oxygens (including phenoxy) is 3. The van der Waals surface area contributed by atoms with Crippen molar-refractivity contribution in [3.05, 3.63) is 66.2 Å². The molecule has 5 nitrogen and oxygen atoms in total. The first-order chi connectivity index (χ1) is 14.7. The molecule has 1 heterocycles. The number of aryl methyl sites for hydroxylation is 1. The van der Waals surface area contributed by atoms with Gasteiger partial charge in [0.15, 0.2) is 0 Å². The Bertz CT molecular complexity index is 822. The predicted molar refractivity (Wildman–Crippen MR) is 116 cm³/mol. The topological polar surface area (TPSA) is 65.0 Å². The van der Waals surface area contributed by atoms with E-state index in [1.165, 1.54) is 12.0 Å². The lowest BCUT2D eigenvalue weighted by Crippen LogP contribution is -2.11. The van der Waals surface area contributed by atoms with Crippen LogP contribution in [0.3, 0.4) is 0 Å². The maximum atomic E-state index is 11.2. The zero-order valence-electron chi connectivity index (χ0n) is 17.3. The standard InChI is InChI=1S/C25H30O5/c1-2-25(27)30-17-16-29-24-18-22(13-12-20(24)6-5-14-26)19-8-10-21(11-9-19)23-7-3-4-15-28-23/h2,8-13,18,23,26H,1,3-7,14-17H2. The molecule has 2 aromatic carbocycles. The normalized spacial score (nSPS) is 16.1. The quantitative estimate of drug-likeness (QED) is 0.351. The van der Waals surface area contributed by atoms with Crippen molar-refractivity contribution in [2.75, 3.05) is 26.4 Å². The molecule has 0 radical (unpaired) electrons. The Hall–Kier alpha value is -2.63. The average molecular weight is 411 g/mol. The summed E-state index contributed by atoms with van der Waals surface area (Å²) in [6.07, 6.45) is 6.15. The van der Waals surface area contributed by atoms with E-state index in [-0.39, 0.29) is 25.9 Å². The van der Waals surface area contributed by atoms with Gasteiger partial charge in [0.1, 0.15) is 19.0 Å². The summed E-state index contributed by atoms with van der Waals surface area (Å²) in [4.78, 5) is 11.2. The van der Waals surface area contributed by atoms with E-state index < -0.39 is 5.97 Å². The van der Waals surface area contributed by atoms with E-state index in [1.807, 2.05) is 12.1 Å². The second-order valence-electron chi connectivity index (χ2n) is 7.35. The molecule has 1 aliphatic heterocycles. The Kier molecular flexibility index (Phi) is 8.48. The van der Waals surface area contributed by atoms with Crippen molar-refractivity contribution in [1.82, 2.24) is 0 Å². The number of carbonyl (C=O) groups excluding carboxylic acids is 1. The van der Waals surface area contributed by atoms with Crippen LogP contribution in [0.25, 0.3) is 11.1 Å². The summed E-state index contributed by atoms with van der Waals surface area (Å²) in [5.74, 6) is 0.283. The number of benzene rings is 2. The molecule has 1 atom stereocenters. The highest BCUT2D eigenvalue weighted by Gasteiger charge is 2.16. The first-order valence-corrected chi connectivity index (χ1v) is 10.6. The van der Waals surface area contributed by atoms with Gasteiger partial charge in [-0.3, -0.25) is 0 Å². The Morgan fingerprint density at radius 2 is 1.93 bits per heavy atom. The van der Waals surface area contributed by atoms with Crippen LogP contribution in [-0.2, 0) is 20.7 Å². The maximum absolute atomic E-state index is 11.2. The molecule has 2 aromatic rings.